The molecule has 1 atom stereocenters. The van der Waals surface area contributed by atoms with E-state index in [1.165, 1.54) is 0 Å². The van der Waals surface area contributed by atoms with E-state index < -0.39 is 0 Å². The highest BCUT2D eigenvalue weighted by Crippen LogP contribution is 2.32. The second kappa shape index (κ2) is 3.98. The first-order valence-electron chi connectivity index (χ1n) is 5.96. The average molecular weight is 243 g/mol. The maximum absolute atomic E-state index is 11.9. The van der Waals surface area contributed by atoms with Gasteiger partial charge in [-0.25, -0.2) is 0 Å². The van der Waals surface area contributed by atoms with Crippen LogP contribution in [0.4, 0.5) is 0 Å². The molecule has 92 valence electrons. The molecular weight excluding hydrogens is 230 g/mol. The summed E-state index contributed by atoms with van der Waals surface area (Å²) in [5.74, 6) is -0.707. The zero-order valence-corrected chi connectivity index (χ0v) is 10.0. The fraction of sp³-hybridized carbons (Fsp3) is 0.286. The first-order chi connectivity index (χ1) is 8.65. The van der Waals surface area contributed by atoms with E-state index in [2.05, 4.69) is 5.32 Å². The van der Waals surface area contributed by atoms with E-state index in [0.29, 0.717) is 12.8 Å². The fourth-order valence-corrected chi connectivity index (χ4v) is 2.42. The van der Waals surface area contributed by atoms with Gasteiger partial charge in [0.05, 0.1) is 12.2 Å². The number of furan rings is 1. The molecule has 1 unspecified atom stereocenters. The van der Waals surface area contributed by atoms with E-state index in [0.717, 1.165) is 22.1 Å². The number of aryl methyl sites for hydroxylation is 1. The van der Waals surface area contributed by atoms with Gasteiger partial charge in [0, 0.05) is 17.4 Å². The molecule has 3 rings (SSSR count). The number of carbonyl (C=O) groups excluding carboxylic acids is 2. The van der Waals surface area contributed by atoms with Crippen molar-refractivity contribution in [3.8, 4) is 0 Å². The van der Waals surface area contributed by atoms with Gasteiger partial charge >= 0.3 is 0 Å². The van der Waals surface area contributed by atoms with Crippen LogP contribution in [-0.2, 0) is 9.59 Å². The maximum Gasteiger partial charge on any atom is 0.234 e. The van der Waals surface area contributed by atoms with Crippen molar-refractivity contribution < 1.29 is 14.0 Å². The normalized spacial score (nSPS) is 20.2. The van der Waals surface area contributed by atoms with Crippen LogP contribution in [0.25, 0.3) is 11.0 Å². The average Bonchev–Trinajstić information content (AvgIpc) is 2.72. The van der Waals surface area contributed by atoms with Crippen LogP contribution in [0, 0.1) is 6.92 Å². The van der Waals surface area contributed by atoms with Crippen molar-refractivity contribution in [3.63, 3.8) is 0 Å². The second-order valence-corrected chi connectivity index (χ2v) is 4.69. The van der Waals surface area contributed by atoms with Gasteiger partial charge in [0.1, 0.15) is 5.58 Å². The van der Waals surface area contributed by atoms with E-state index in [9.17, 15) is 9.59 Å². The minimum absolute atomic E-state index is 0.194. The van der Waals surface area contributed by atoms with E-state index in [-0.39, 0.29) is 17.7 Å². The van der Waals surface area contributed by atoms with Crippen molar-refractivity contribution in [1.82, 2.24) is 5.32 Å². The highest BCUT2D eigenvalue weighted by atomic mass is 16.3. The van der Waals surface area contributed by atoms with Gasteiger partial charge in [0.25, 0.3) is 0 Å². The van der Waals surface area contributed by atoms with Gasteiger partial charge in [-0.1, -0.05) is 11.6 Å². The van der Waals surface area contributed by atoms with Gasteiger partial charge in [-0.3, -0.25) is 14.9 Å². The molecule has 0 spiro atoms. The molecule has 2 amide bonds. The lowest BCUT2D eigenvalue weighted by Crippen LogP contribution is -2.39. The Morgan fingerprint density at radius 2 is 2.17 bits per heavy atom. The van der Waals surface area contributed by atoms with Crippen molar-refractivity contribution in [2.75, 3.05) is 0 Å². The SMILES string of the molecule is Cc1ccc2occ(C3CCC(=O)NC3=O)c2c1. The maximum atomic E-state index is 11.9. The fourth-order valence-electron chi connectivity index (χ4n) is 2.42. The molecule has 0 aliphatic carbocycles. The molecular formula is C14H13NO3. The molecule has 18 heavy (non-hydrogen) atoms. The standard InChI is InChI=1S/C14H13NO3/c1-8-2-4-12-10(6-8)11(7-18-12)9-3-5-13(16)15-14(9)17/h2,4,6-7,9H,3,5H2,1H3,(H,15,16,17). The molecule has 4 nitrogen and oxygen atoms in total. The summed E-state index contributed by atoms with van der Waals surface area (Å²) in [6.45, 7) is 2.00. The molecule has 2 aromatic rings. The minimum Gasteiger partial charge on any atom is -0.464 e. The summed E-state index contributed by atoms with van der Waals surface area (Å²) in [5, 5.41) is 3.34. The lowest BCUT2D eigenvalue weighted by molar-refractivity contribution is -0.134. The highest BCUT2D eigenvalue weighted by Gasteiger charge is 2.30. The molecule has 1 aromatic carbocycles. The number of nitrogens with one attached hydrogen (secondary N) is 1. The van der Waals surface area contributed by atoms with Gasteiger partial charge in [-0.2, -0.15) is 0 Å². The smallest absolute Gasteiger partial charge is 0.234 e. The minimum atomic E-state index is -0.286. The summed E-state index contributed by atoms with van der Waals surface area (Å²) in [7, 11) is 0. The molecule has 0 saturated carbocycles. The van der Waals surface area contributed by atoms with Crippen LogP contribution in [0.2, 0.25) is 0 Å². The van der Waals surface area contributed by atoms with Crippen LogP contribution in [0.5, 0.6) is 0 Å². The third kappa shape index (κ3) is 1.70. The Hall–Kier alpha value is -2.10. The highest BCUT2D eigenvalue weighted by molar-refractivity contribution is 6.02. The predicted molar refractivity (Wildman–Crippen MR) is 66.1 cm³/mol. The third-order valence-corrected chi connectivity index (χ3v) is 3.37. The molecule has 1 saturated heterocycles. The Bertz CT molecular complexity index is 642. The zero-order valence-electron chi connectivity index (χ0n) is 10.0. The summed E-state index contributed by atoms with van der Waals surface area (Å²) in [5.41, 5.74) is 2.77. The van der Waals surface area contributed by atoms with Crippen LogP contribution >= 0.6 is 0 Å². The molecule has 0 bridgehead atoms. The molecule has 1 fully saturated rings. The van der Waals surface area contributed by atoms with Gasteiger partial charge in [0.15, 0.2) is 0 Å². The number of piperidine rings is 1. The molecule has 0 radical (unpaired) electrons. The third-order valence-electron chi connectivity index (χ3n) is 3.37. The van der Waals surface area contributed by atoms with Crippen molar-refractivity contribution in [1.29, 1.82) is 0 Å². The van der Waals surface area contributed by atoms with Gasteiger partial charge in [-0.05, 0) is 25.5 Å². The summed E-state index contributed by atoms with van der Waals surface area (Å²) < 4.78 is 5.47. The number of fused-ring (bicyclic) bond motifs is 1. The summed E-state index contributed by atoms with van der Waals surface area (Å²) in [6, 6.07) is 5.89. The van der Waals surface area contributed by atoms with Crippen molar-refractivity contribution >= 4 is 22.8 Å². The van der Waals surface area contributed by atoms with Gasteiger partial charge in [0.2, 0.25) is 11.8 Å². The zero-order chi connectivity index (χ0) is 12.7. The number of benzene rings is 1. The topological polar surface area (TPSA) is 59.3 Å². The molecule has 1 aliphatic heterocycles. The van der Waals surface area contributed by atoms with Crippen LogP contribution in [-0.4, -0.2) is 11.8 Å². The number of amides is 2. The van der Waals surface area contributed by atoms with Gasteiger partial charge < -0.3 is 4.42 Å². The summed E-state index contributed by atoms with van der Waals surface area (Å²) >= 11 is 0. The Morgan fingerprint density at radius 1 is 1.33 bits per heavy atom. The predicted octanol–water partition coefficient (Wildman–Crippen LogP) is 2.26. The quantitative estimate of drug-likeness (QED) is 0.781. The Morgan fingerprint density at radius 3 is 2.94 bits per heavy atom. The van der Waals surface area contributed by atoms with E-state index in [1.807, 2.05) is 25.1 Å². The largest absolute Gasteiger partial charge is 0.464 e. The number of rotatable bonds is 1. The van der Waals surface area contributed by atoms with Crippen LogP contribution in [0.15, 0.2) is 28.9 Å². The monoisotopic (exact) mass is 243 g/mol. The molecule has 1 aromatic heterocycles. The first-order valence-corrected chi connectivity index (χ1v) is 5.96. The molecule has 4 heteroatoms. The van der Waals surface area contributed by atoms with E-state index in [4.69, 9.17) is 4.42 Å². The first kappa shape index (κ1) is 11.0. The van der Waals surface area contributed by atoms with Crippen LogP contribution in [0.3, 0.4) is 0 Å². The summed E-state index contributed by atoms with van der Waals surface area (Å²) in [6.07, 6.45) is 2.56. The number of carbonyl (C=O) groups is 2. The number of hydrogen-bond donors (Lipinski definition) is 1. The summed E-state index contributed by atoms with van der Waals surface area (Å²) in [4.78, 5) is 23.0. The lowest BCUT2D eigenvalue weighted by Gasteiger charge is -2.19. The number of hydrogen-bond acceptors (Lipinski definition) is 3. The second-order valence-electron chi connectivity index (χ2n) is 4.69. The van der Waals surface area contributed by atoms with Gasteiger partial charge in [-0.15, -0.1) is 0 Å². The Balaban J connectivity index is 2.06. The molecule has 2 heterocycles. The van der Waals surface area contributed by atoms with Crippen LogP contribution in [0.1, 0.15) is 29.9 Å². The number of imide groups is 1. The van der Waals surface area contributed by atoms with E-state index in [1.54, 1.807) is 6.26 Å². The molecule has 1 N–H and O–H groups in total. The van der Waals surface area contributed by atoms with Crippen molar-refractivity contribution in [2.45, 2.75) is 25.7 Å². The van der Waals surface area contributed by atoms with E-state index >= 15 is 0 Å². The Kier molecular flexibility index (Phi) is 2.44. The molecule has 1 aliphatic rings. The van der Waals surface area contributed by atoms with Crippen molar-refractivity contribution in [3.05, 3.63) is 35.6 Å². The lowest BCUT2D eigenvalue weighted by atomic mass is 9.90. The van der Waals surface area contributed by atoms with Crippen molar-refractivity contribution in [2.24, 2.45) is 0 Å². The Labute approximate surface area is 104 Å². The van der Waals surface area contributed by atoms with Crippen LogP contribution < -0.4 is 5.32 Å².